The highest BCUT2D eigenvalue weighted by molar-refractivity contribution is 5.82. The Bertz CT molecular complexity index is 1370. The number of hydrogen-bond donors (Lipinski definition) is 4. The third-order valence-corrected chi connectivity index (χ3v) is 5.34. The number of rotatable bonds is 6. The molecule has 33 heavy (non-hydrogen) atoms. The van der Waals surface area contributed by atoms with Gasteiger partial charge in [0.2, 0.25) is 0 Å². The van der Waals surface area contributed by atoms with E-state index < -0.39 is 5.82 Å². The van der Waals surface area contributed by atoms with Gasteiger partial charge in [-0.05, 0) is 56.7 Å². The van der Waals surface area contributed by atoms with Gasteiger partial charge in [-0.15, -0.1) is 0 Å². The second-order valence-corrected chi connectivity index (χ2v) is 7.83. The number of aromatic amines is 2. The number of nitrogens with zero attached hydrogens (tertiary/aromatic N) is 3. The summed E-state index contributed by atoms with van der Waals surface area (Å²) in [4.78, 5) is 12.2. The summed E-state index contributed by atoms with van der Waals surface area (Å²) in [6.45, 7) is 5.45. The number of nitrogens with one attached hydrogen (secondary N) is 4. The molecule has 0 atom stereocenters. The highest BCUT2D eigenvalue weighted by Crippen LogP contribution is 2.31. The molecule has 9 heteroatoms. The minimum absolute atomic E-state index is 0.0594. The van der Waals surface area contributed by atoms with Crippen LogP contribution in [0.3, 0.4) is 0 Å². The van der Waals surface area contributed by atoms with Crippen molar-refractivity contribution in [3.8, 4) is 11.8 Å². The molecule has 1 aliphatic rings. The van der Waals surface area contributed by atoms with Crippen molar-refractivity contribution in [1.82, 2.24) is 30.5 Å². The quantitative estimate of drug-likeness (QED) is 0.330. The predicted octanol–water partition coefficient (Wildman–Crippen LogP) is 5.07. The zero-order valence-corrected chi connectivity index (χ0v) is 18.4. The van der Waals surface area contributed by atoms with Crippen molar-refractivity contribution >= 4 is 34.2 Å². The van der Waals surface area contributed by atoms with E-state index in [1.54, 1.807) is 18.2 Å². The standard InChI is InChI=1S/C24H24FN7O/c1-3-4-16-12-22(32-31-16)29-21-13-19(15-7-9-26-10-8-15)28-24(30-21)33-20-6-5-18-17(23(20)25)11-14(2)27-18/h3-7,11-13,26-27H,8-10H2,1-2H3,(H2,28,29,30,31,32)/b4-3+. The molecule has 0 saturated carbocycles. The third-order valence-electron chi connectivity index (χ3n) is 5.34. The summed E-state index contributed by atoms with van der Waals surface area (Å²) in [5, 5.41) is 14.1. The van der Waals surface area contributed by atoms with Crippen molar-refractivity contribution in [3.63, 3.8) is 0 Å². The normalized spacial score (nSPS) is 14.1. The van der Waals surface area contributed by atoms with Crippen LogP contribution < -0.4 is 15.4 Å². The van der Waals surface area contributed by atoms with E-state index in [1.807, 2.05) is 38.1 Å². The van der Waals surface area contributed by atoms with Gasteiger partial charge in [-0.1, -0.05) is 12.2 Å². The largest absolute Gasteiger partial charge is 0.421 e. The number of aryl methyl sites for hydroxylation is 1. The molecular weight excluding hydrogens is 421 g/mol. The van der Waals surface area contributed by atoms with Crippen LogP contribution in [-0.2, 0) is 0 Å². The summed E-state index contributed by atoms with van der Waals surface area (Å²) < 4.78 is 20.9. The molecule has 0 unspecified atom stereocenters. The Balaban J connectivity index is 1.50. The molecule has 4 aromatic rings. The van der Waals surface area contributed by atoms with Gasteiger partial charge in [-0.25, -0.2) is 4.39 Å². The van der Waals surface area contributed by atoms with Gasteiger partial charge in [0, 0.05) is 35.3 Å². The predicted molar refractivity (Wildman–Crippen MR) is 127 cm³/mol. The highest BCUT2D eigenvalue weighted by Gasteiger charge is 2.16. The minimum atomic E-state index is -0.454. The molecule has 4 heterocycles. The van der Waals surface area contributed by atoms with Crippen LogP contribution in [0.5, 0.6) is 11.8 Å². The molecule has 0 bridgehead atoms. The number of fused-ring (bicyclic) bond motifs is 1. The van der Waals surface area contributed by atoms with Crippen LogP contribution in [0.25, 0.3) is 22.6 Å². The molecular formula is C24H24FN7O. The average Bonchev–Trinajstić information content (AvgIpc) is 3.42. The second kappa shape index (κ2) is 8.87. The fraction of sp³-hybridized carbons (Fsp3) is 0.208. The maximum atomic E-state index is 15.1. The number of anilines is 2. The van der Waals surface area contributed by atoms with E-state index in [4.69, 9.17) is 4.74 Å². The molecule has 0 radical (unpaired) electrons. The second-order valence-electron chi connectivity index (χ2n) is 7.83. The van der Waals surface area contributed by atoms with Crippen LogP contribution >= 0.6 is 0 Å². The van der Waals surface area contributed by atoms with Gasteiger partial charge in [-0.3, -0.25) is 5.10 Å². The van der Waals surface area contributed by atoms with Gasteiger partial charge in [0.15, 0.2) is 17.4 Å². The Morgan fingerprint density at radius 1 is 1.15 bits per heavy atom. The fourth-order valence-corrected chi connectivity index (χ4v) is 3.82. The summed E-state index contributed by atoms with van der Waals surface area (Å²) in [5.74, 6) is 0.726. The van der Waals surface area contributed by atoms with Crippen molar-refractivity contribution in [2.75, 3.05) is 18.4 Å². The molecule has 1 aliphatic heterocycles. The lowest BCUT2D eigenvalue weighted by atomic mass is 10.1. The first kappa shape index (κ1) is 20.9. The van der Waals surface area contributed by atoms with E-state index in [1.165, 1.54) is 0 Å². The van der Waals surface area contributed by atoms with Gasteiger partial charge in [0.25, 0.3) is 0 Å². The van der Waals surface area contributed by atoms with Crippen LogP contribution in [0.15, 0.2) is 42.5 Å². The van der Waals surface area contributed by atoms with Crippen LogP contribution in [-0.4, -0.2) is 38.2 Å². The number of ether oxygens (including phenoxy) is 1. The van der Waals surface area contributed by atoms with Crippen molar-refractivity contribution in [2.45, 2.75) is 20.3 Å². The molecule has 3 aromatic heterocycles. The van der Waals surface area contributed by atoms with Crippen molar-refractivity contribution in [2.24, 2.45) is 0 Å². The molecule has 1 aromatic carbocycles. The first-order valence-corrected chi connectivity index (χ1v) is 10.8. The lowest BCUT2D eigenvalue weighted by molar-refractivity contribution is 0.414. The number of allylic oxidation sites excluding steroid dienone is 1. The van der Waals surface area contributed by atoms with E-state index in [0.717, 1.165) is 42.2 Å². The van der Waals surface area contributed by atoms with Crippen LogP contribution in [0, 0.1) is 12.7 Å². The summed E-state index contributed by atoms with van der Waals surface area (Å²) in [5.41, 5.74) is 4.26. The van der Waals surface area contributed by atoms with Gasteiger partial charge >= 0.3 is 6.01 Å². The number of H-pyrrole nitrogens is 2. The third kappa shape index (κ3) is 4.49. The van der Waals surface area contributed by atoms with Gasteiger partial charge in [0.05, 0.1) is 11.4 Å². The molecule has 0 saturated heterocycles. The van der Waals surface area contributed by atoms with Crippen LogP contribution in [0.1, 0.15) is 30.4 Å². The number of hydrogen-bond acceptors (Lipinski definition) is 6. The summed E-state index contributed by atoms with van der Waals surface area (Å²) in [6, 6.07) is 8.89. The van der Waals surface area contributed by atoms with Crippen LogP contribution in [0.4, 0.5) is 16.0 Å². The fourth-order valence-electron chi connectivity index (χ4n) is 3.82. The zero-order chi connectivity index (χ0) is 22.8. The van der Waals surface area contributed by atoms with E-state index in [9.17, 15) is 0 Å². The summed E-state index contributed by atoms with van der Waals surface area (Å²) in [6.07, 6.45) is 6.76. The number of halogens is 1. The minimum Gasteiger partial charge on any atom is -0.421 e. The Labute approximate surface area is 190 Å². The number of benzene rings is 1. The van der Waals surface area contributed by atoms with E-state index in [2.05, 4.69) is 41.9 Å². The van der Waals surface area contributed by atoms with Gasteiger partial charge in [0.1, 0.15) is 5.82 Å². The maximum Gasteiger partial charge on any atom is 0.324 e. The lowest BCUT2D eigenvalue weighted by Gasteiger charge is -2.15. The Morgan fingerprint density at radius 2 is 2.06 bits per heavy atom. The average molecular weight is 446 g/mol. The van der Waals surface area contributed by atoms with E-state index in [0.29, 0.717) is 22.5 Å². The Hall–Kier alpha value is -3.98. The van der Waals surface area contributed by atoms with Gasteiger partial charge < -0.3 is 20.4 Å². The zero-order valence-electron chi connectivity index (χ0n) is 18.4. The molecule has 0 aliphatic carbocycles. The van der Waals surface area contributed by atoms with Crippen LogP contribution in [0.2, 0.25) is 0 Å². The maximum absolute atomic E-state index is 15.1. The monoisotopic (exact) mass is 445 g/mol. The smallest absolute Gasteiger partial charge is 0.324 e. The molecule has 0 amide bonds. The molecule has 8 nitrogen and oxygen atoms in total. The lowest BCUT2D eigenvalue weighted by Crippen LogP contribution is -2.20. The molecule has 4 N–H and O–H groups in total. The van der Waals surface area contributed by atoms with Crippen molar-refractivity contribution in [3.05, 3.63) is 65.4 Å². The summed E-state index contributed by atoms with van der Waals surface area (Å²) >= 11 is 0. The Morgan fingerprint density at radius 3 is 2.88 bits per heavy atom. The van der Waals surface area contributed by atoms with Crippen molar-refractivity contribution in [1.29, 1.82) is 0 Å². The van der Waals surface area contributed by atoms with E-state index >= 15 is 4.39 Å². The van der Waals surface area contributed by atoms with Crippen molar-refractivity contribution < 1.29 is 9.13 Å². The van der Waals surface area contributed by atoms with Gasteiger partial charge in [-0.2, -0.15) is 15.1 Å². The first-order chi connectivity index (χ1) is 16.1. The summed E-state index contributed by atoms with van der Waals surface area (Å²) in [7, 11) is 0. The topological polar surface area (TPSA) is 104 Å². The molecule has 0 spiro atoms. The first-order valence-electron chi connectivity index (χ1n) is 10.8. The van der Waals surface area contributed by atoms with E-state index in [-0.39, 0.29) is 11.8 Å². The molecule has 168 valence electrons. The molecule has 0 fully saturated rings. The SMILES string of the molecule is C/C=C/c1cc(Nc2cc(C3=CCNCC3)nc(Oc3ccc4[nH]c(C)cc4c3F)n2)n[nH]1. The molecule has 5 rings (SSSR count). The number of aromatic nitrogens is 5. The highest BCUT2D eigenvalue weighted by atomic mass is 19.1. The Kier molecular flexibility index (Phi) is 5.62.